The van der Waals surface area contributed by atoms with Crippen molar-refractivity contribution in [2.24, 2.45) is 5.92 Å². The number of rotatable bonds is 9. The van der Waals surface area contributed by atoms with Crippen molar-refractivity contribution in [1.82, 2.24) is 20.5 Å². The molecule has 0 saturated carbocycles. The van der Waals surface area contributed by atoms with Crippen molar-refractivity contribution in [3.05, 3.63) is 65.5 Å². The second kappa shape index (κ2) is 11.7. The van der Waals surface area contributed by atoms with Gasteiger partial charge in [0.05, 0.1) is 10.5 Å². The maximum absolute atomic E-state index is 13.7. The molecular formula is C23H29FN4O5S. The zero-order chi connectivity index (χ0) is 25.5. The van der Waals surface area contributed by atoms with E-state index in [4.69, 9.17) is 0 Å². The minimum atomic E-state index is -3.77. The molecule has 3 amide bonds. The predicted molar refractivity (Wildman–Crippen MR) is 125 cm³/mol. The molecule has 0 aromatic heterocycles. The molecule has 2 rings (SSSR count). The van der Waals surface area contributed by atoms with Crippen LogP contribution in [0.4, 0.5) is 4.39 Å². The number of carbonyl (C=O) groups excluding carboxylic acids is 3. The van der Waals surface area contributed by atoms with Crippen molar-refractivity contribution in [3.63, 3.8) is 0 Å². The van der Waals surface area contributed by atoms with Crippen LogP contribution in [-0.2, 0) is 14.8 Å². The molecular weight excluding hydrogens is 463 g/mol. The van der Waals surface area contributed by atoms with Gasteiger partial charge in [0.2, 0.25) is 10.0 Å². The van der Waals surface area contributed by atoms with Crippen LogP contribution in [-0.4, -0.2) is 49.6 Å². The molecule has 0 radical (unpaired) electrons. The highest BCUT2D eigenvalue weighted by molar-refractivity contribution is 7.89. The lowest BCUT2D eigenvalue weighted by atomic mass is 10.0. The van der Waals surface area contributed by atoms with E-state index in [0.29, 0.717) is 0 Å². The quantitative estimate of drug-likeness (QED) is 0.462. The highest BCUT2D eigenvalue weighted by atomic mass is 32.2. The summed E-state index contributed by atoms with van der Waals surface area (Å²) < 4.78 is 40.5. The number of carbonyl (C=O) groups is 3. The van der Waals surface area contributed by atoms with Gasteiger partial charge >= 0.3 is 0 Å². The van der Waals surface area contributed by atoms with E-state index >= 15 is 0 Å². The van der Waals surface area contributed by atoms with Crippen LogP contribution in [0, 0.1) is 11.7 Å². The average molecular weight is 493 g/mol. The normalized spacial score (nSPS) is 12.3. The van der Waals surface area contributed by atoms with Gasteiger partial charge in [-0.15, -0.1) is 0 Å². The third-order valence-corrected chi connectivity index (χ3v) is 7.14. The summed E-state index contributed by atoms with van der Waals surface area (Å²) in [6, 6.07) is 9.75. The second-order valence-electron chi connectivity index (χ2n) is 7.74. The van der Waals surface area contributed by atoms with Crippen LogP contribution in [0.1, 0.15) is 48.4 Å². The minimum Gasteiger partial charge on any atom is -0.340 e. The van der Waals surface area contributed by atoms with E-state index in [2.05, 4.69) is 16.2 Å². The Bertz CT molecular complexity index is 1150. The van der Waals surface area contributed by atoms with Crippen molar-refractivity contribution < 1.29 is 27.2 Å². The van der Waals surface area contributed by atoms with Gasteiger partial charge in [0.25, 0.3) is 17.7 Å². The van der Waals surface area contributed by atoms with Gasteiger partial charge < -0.3 is 5.32 Å². The Balaban J connectivity index is 2.14. The first kappa shape index (κ1) is 26.9. The van der Waals surface area contributed by atoms with Gasteiger partial charge in [0.15, 0.2) is 0 Å². The molecule has 1 atom stereocenters. The Morgan fingerprint density at radius 1 is 0.941 bits per heavy atom. The molecule has 0 fully saturated rings. The lowest BCUT2D eigenvalue weighted by molar-refractivity contribution is -0.124. The molecule has 0 aliphatic heterocycles. The van der Waals surface area contributed by atoms with E-state index in [9.17, 15) is 27.2 Å². The van der Waals surface area contributed by atoms with Crippen LogP contribution < -0.4 is 16.2 Å². The Hall–Kier alpha value is -3.31. The van der Waals surface area contributed by atoms with Crippen LogP contribution in [0.15, 0.2) is 53.4 Å². The second-order valence-corrected chi connectivity index (χ2v) is 9.67. The zero-order valence-corrected chi connectivity index (χ0v) is 20.3. The highest BCUT2D eigenvalue weighted by Gasteiger charge is 2.27. The van der Waals surface area contributed by atoms with E-state index in [1.165, 1.54) is 46.8 Å². The summed E-state index contributed by atoms with van der Waals surface area (Å²) in [5.41, 5.74) is 4.12. The van der Waals surface area contributed by atoms with Crippen molar-refractivity contribution in [2.45, 2.75) is 38.6 Å². The van der Waals surface area contributed by atoms with Gasteiger partial charge in [-0.1, -0.05) is 45.9 Å². The standard InChI is InChI=1S/C23H29FN4O5S/c1-5-28(6-2)34(32,33)17-11-9-10-16(14-17)21(29)25-20(15(3)4)23(31)27-26-22(30)18-12-7-8-13-19(18)24/h7-15,20H,5-6H2,1-4H3,(H,25,29)(H,26,30)(H,27,31)/t20-/m1/s1. The molecule has 184 valence electrons. The molecule has 34 heavy (non-hydrogen) atoms. The molecule has 0 spiro atoms. The molecule has 0 unspecified atom stereocenters. The zero-order valence-electron chi connectivity index (χ0n) is 19.5. The monoisotopic (exact) mass is 492 g/mol. The summed E-state index contributed by atoms with van der Waals surface area (Å²) in [6.07, 6.45) is 0. The lowest BCUT2D eigenvalue weighted by Gasteiger charge is -2.22. The SMILES string of the molecule is CCN(CC)S(=O)(=O)c1cccc(C(=O)N[C@@H](C(=O)NNC(=O)c2ccccc2F)C(C)C)c1. The maximum atomic E-state index is 13.7. The number of nitrogens with zero attached hydrogens (tertiary/aromatic N) is 1. The van der Waals surface area contributed by atoms with Crippen LogP contribution in [0.25, 0.3) is 0 Å². The fraction of sp³-hybridized carbons (Fsp3) is 0.348. The molecule has 0 saturated heterocycles. The first-order valence-electron chi connectivity index (χ1n) is 10.8. The maximum Gasteiger partial charge on any atom is 0.272 e. The number of halogens is 1. The van der Waals surface area contributed by atoms with E-state index in [1.54, 1.807) is 27.7 Å². The first-order chi connectivity index (χ1) is 16.0. The van der Waals surface area contributed by atoms with E-state index < -0.39 is 39.6 Å². The number of nitrogens with one attached hydrogen (secondary N) is 3. The molecule has 3 N–H and O–H groups in total. The number of hydrogen-bond donors (Lipinski definition) is 3. The van der Waals surface area contributed by atoms with Gasteiger partial charge in [0.1, 0.15) is 11.9 Å². The third-order valence-electron chi connectivity index (χ3n) is 5.09. The molecule has 9 nitrogen and oxygen atoms in total. The number of hydrogen-bond acceptors (Lipinski definition) is 5. The molecule has 0 aliphatic rings. The molecule has 0 bridgehead atoms. The summed E-state index contributed by atoms with van der Waals surface area (Å²) in [4.78, 5) is 37.5. The Kier molecular flexibility index (Phi) is 9.28. The highest BCUT2D eigenvalue weighted by Crippen LogP contribution is 2.17. The van der Waals surface area contributed by atoms with Gasteiger partial charge in [-0.2, -0.15) is 4.31 Å². The Labute approximate surface area is 198 Å². The van der Waals surface area contributed by atoms with Gasteiger partial charge in [-0.3, -0.25) is 25.2 Å². The number of sulfonamides is 1. The predicted octanol–water partition coefficient (Wildman–Crippen LogP) is 2.07. The first-order valence-corrected chi connectivity index (χ1v) is 12.2. The van der Waals surface area contributed by atoms with Crippen molar-refractivity contribution in [1.29, 1.82) is 0 Å². The molecule has 11 heteroatoms. The summed E-state index contributed by atoms with van der Waals surface area (Å²) >= 11 is 0. The van der Waals surface area contributed by atoms with Crippen LogP contribution >= 0.6 is 0 Å². The van der Waals surface area contributed by atoms with E-state index in [-0.39, 0.29) is 35.0 Å². The summed E-state index contributed by atoms with van der Waals surface area (Å²) in [5.74, 6) is -3.36. The molecule has 2 aromatic carbocycles. The smallest absolute Gasteiger partial charge is 0.272 e. The summed E-state index contributed by atoms with van der Waals surface area (Å²) in [7, 11) is -3.77. The third kappa shape index (κ3) is 6.39. The van der Waals surface area contributed by atoms with Gasteiger partial charge in [0, 0.05) is 18.7 Å². The fourth-order valence-corrected chi connectivity index (χ4v) is 4.68. The molecule has 0 aliphatic carbocycles. The van der Waals surface area contributed by atoms with Crippen molar-refractivity contribution in [3.8, 4) is 0 Å². The molecule has 0 heterocycles. The lowest BCUT2D eigenvalue weighted by Crippen LogP contribution is -2.54. The molecule has 2 aromatic rings. The van der Waals surface area contributed by atoms with E-state index in [0.717, 1.165) is 6.07 Å². The number of hydrazine groups is 1. The minimum absolute atomic E-state index is 0.0356. The van der Waals surface area contributed by atoms with Crippen molar-refractivity contribution >= 4 is 27.7 Å². The summed E-state index contributed by atoms with van der Waals surface area (Å²) in [6.45, 7) is 7.37. The van der Waals surface area contributed by atoms with Gasteiger partial charge in [-0.25, -0.2) is 12.8 Å². The fourth-order valence-electron chi connectivity index (χ4n) is 3.18. The van der Waals surface area contributed by atoms with Gasteiger partial charge in [-0.05, 0) is 36.2 Å². The Morgan fingerprint density at radius 3 is 2.18 bits per heavy atom. The summed E-state index contributed by atoms with van der Waals surface area (Å²) in [5, 5.41) is 2.56. The number of benzene rings is 2. The van der Waals surface area contributed by atoms with Crippen LogP contribution in [0.5, 0.6) is 0 Å². The van der Waals surface area contributed by atoms with E-state index in [1.807, 2.05) is 0 Å². The van der Waals surface area contributed by atoms with Crippen molar-refractivity contribution in [2.75, 3.05) is 13.1 Å². The average Bonchev–Trinajstić information content (AvgIpc) is 2.81. The largest absolute Gasteiger partial charge is 0.340 e. The van der Waals surface area contributed by atoms with Crippen LogP contribution in [0.2, 0.25) is 0 Å². The number of amides is 3. The van der Waals surface area contributed by atoms with Crippen LogP contribution in [0.3, 0.4) is 0 Å². The Morgan fingerprint density at radius 2 is 1.59 bits per heavy atom. The topological polar surface area (TPSA) is 125 Å².